The van der Waals surface area contributed by atoms with Crippen molar-refractivity contribution in [3.05, 3.63) is 51.5 Å². The van der Waals surface area contributed by atoms with Crippen LogP contribution in [0.4, 0.5) is 0 Å². The summed E-state index contributed by atoms with van der Waals surface area (Å²) in [5.41, 5.74) is 7.03. The quantitative estimate of drug-likeness (QED) is 0.891. The molecule has 1 unspecified atom stereocenters. The SMILES string of the molecule is Cc1ccc(C(C)NCc2cscn2)c(C)c1. The van der Waals surface area contributed by atoms with Crippen LogP contribution in [0, 0.1) is 13.8 Å². The Balaban J connectivity index is 2.01. The third-order valence-corrected chi connectivity index (χ3v) is 3.60. The molecule has 2 aromatic rings. The van der Waals surface area contributed by atoms with E-state index < -0.39 is 0 Å². The van der Waals surface area contributed by atoms with E-state index in [0.29, 0.717) is 6.04 Å². The van der Waals surface area contributed by atoms with E-state index in [2.05, 4.69) is 54.7 Å². The van der Waals surface area contributed by atoms with Crippen LogP contribution in [0.25, 0.3) is 0 Å². The van der Waals surface area contributed by atoms with Crippen molar-refractivity contribution < 1.29 is 0 Å². The molecule has 0 amide bonds. The van der Waals surface area contributed by atoms with Crippen LogP contribution in [0.5, 0.6) is 0 Å². The molecule has 0 saturated heterocycles. The average Bonchev–Trinajstić information content (AvgIpc) is 2.78. The molecule has 1 aromatic carbocycles. The van der Waals surface area contributed by atoms with Crippen LogP contribution in [-0.2, 0) is 6.54 Å². The molecule has 0 spiro atoms. The lowest BCUT2D eigenvalue weighted by Crippen LogP contribution is -2.19. The van der Waals surface area contributed by atoms with Gasteiger partial charge >= 0.3 is 0 Å². The summed E-state index contributed by atoms with van der Waals surface area (Å²) in [4.78, 5) is 4.27. The first-order valence-electron chi connectivity index (χ1n) is 5.84. The van der Waals surface area contributed by atoms with Crippen molar-refractivity contribution >= 4 is 11.3 Å². The summed E-state index contributed by atoms with van der Waals surface area (Å²) in [5.74, 6) is 0. The van der Waals surface area contributed by atoms with Crippen LogP contribution in [0.15, 0.2) is 29.1 Å². The fourth-order valence-electron chi connectivity index (χ4n) is 2.00. The molecule has 0 aliphatic rings. The maximum atomic E-state index is 4.27. The summed E-state index contributed by atoms with van der Waals surface area (Å²) in [6, 6.07) is 6.97. The Labute approximate surface area is 107 Å². The van der Waals surface area contributed by atoms with Crippen molar-refractivity contribution in [3.63, 3.8) is 0 Å². The summed E-state index contributed by atoms with van der Waals surface area (Å²) in [6.07, 6.45) is 0. The summed E-state index contributed by atoms with van der Waals surface area (Å²) in [5, 5.41) is 5.59. The lowest BCUT2D eigenvalue weighted by molar-refractivity contribution is 0.566. The summed E-state index contributed by atoms with van der Waals surface area (Å²) < 4.78 is 0. The van der Waals surface area contributed by atoms with Crippen LogP contribution < -0.4 is 5.32 Å². The second-order valence-electron chi connectivity index (χ2n) is 4.44. The fraction of sp³-hybridized carbons (Fsp3) is 0.357. The number of aryl methyl sites for hydroxylation is 2. The average molecular weight is 246 g/mol. The first-order valence-corrected chi connectivity index (χ1v) is 6.78. The normalized spacial score (nSPS) is 12.6. The molecule has 2 nitrogen and oxygen atoms in total. The second kappa shape index (κ2) is 5.43. The van der Waals surface area contributed by atoms with Gasteiger partial charge in [0.15, 0.2) is 0 Å². The second-order valence-corrected chi connectivity index (χ2v) is 5.16. The number of rotatable bonds is 4. The Hall–Kier alpha value is -1.19. The van der Waals surface area contributed by atoms with E-state index in [0.717, 1.165) is 12.2 Å². The molecular weight excluding hydrogens is 228 g/mol. The van der Waals surface area contributed by atoms with Gasteiger partial charge in [0.05, 0.1) is 11.2 Å². The van der Waals surface area contributed by atoms with Gasteiger partial charge in [-0.1, -0.05) is 23.8 Å². The zero-order chi connectivity index (χ0) is 12.3. The molecule has 0 bridgehead atoms. The number of nitrogens with zero attached hydrogens (tertiary/aromatic N) is 1. The van der Waals surface area contributed by atoms with Gasteiger partial charge in [-0.2, -0.15) is 0 Å². The minimum Gasteiger partial charge on any atom is -0.305 e. The smallest absolute Gasteiger partial charge is 0.0795 e. The largest absolute Gasteiger partial charge is 0.305 e. The molecule has 0 radical (unpaired) electrons. The van der Waals surface area contributed by atoms with Gasteiger partial charge in [-0.3, -0.25) is 0 Å². The van der Waals surface area contributed by atoms with Gasteiger partial charge in [-0.05, 0) is 31.9 Å². The Morgan fingerprint density at radius 3 is 2.82 bits per heavy atom. The molecule has 17 heavy (non-hydrogen) atoms. The highest BCUT2D eigenvalue weighted by Crippen LogP contribution is 2.18. The first-order chi connectivity index (χ1) is 8.16. The van der Waals surface area contributed by atoms with E-state index in [-0.39, 0.29) is 0 Å². The van der Waals surface area contributed by atoms with E-state index in [1.54, 1.807) is 11.3 Å². The zero-order valence-corrected chi connectivity index (χ0v) is 11.3. The molecule has 1 N–H and O–H groups in total. The zero-order valence-electron chi connectivity index (χ0n) is 10.5. The predicted octanol–water partition coefficient (Wildman–Crippen LogP) is 3.61. The Morgan fingerprint density at radius 1 is 1.35 bits per heavy atom. The standard InChI is InChI=1S/C14H18N2S/c1-10-4-5-14(11(2)6-10)12(3)15-7-13-8-17-9-16-13/h4-6,8-9,12,15H,7H2,1-3H3. The van der Waals surface area contributed by atoms with Crippen molar-refractivity contribution in [3.8, 4) is 0 Å². The van der Waals surface area contributed by atoms with E-state index in [9.17, 15) is 0 Å². The van der Waals surface area contributed by atoms with Crippen molar-refractivity contribution in [1.29, 1.82) is 0 Å². The number of benzene rings is 1. The molecule has 3 heteroatoms. The molecule has 1 aromatic heterocycles. The number of hydrogen-bond donors (Lipinski definition) is 1. The Kier molecular flexibility index (Phi) is 3.92. The predicted molar refractivity (Wildman–Crippen MR) is 73.3 cm³/mol. The van der Waals surface area contributed by atoms with Crippen LogP contribution in [0.1, 0.15) is 35.3 Å². The van der Waals surface area contributed by atoms with E-state index >= 15 is 0 Å². The van der Waals surface area contributed by atoms with Gasteiger partial charge in [0.25, 0.3) is 0 Å². The molecule has 0 saturated carbocycles. The van der Waals surface area contributed by atoms with Gasteiger partial charge in [-0.15, -0.1) is 11.3 Å². The summed E-state index contributed by atoms with van der Waals surface area (Å²) in [7, 11) is 0. The molecule has 2 rings (SSSR count). The third-order valence-electron chi connectivity index (χ3n) is 2.96. The van der Waals surface area contributed by atoms with Gasteiger partial charge in [0, 0.05) is 18.0 Å². The summed E-state index contributed by atoms with van der Waals surface area (Å²) >= 11 is 1.64. The maximum absolute atomic E-state index is 4.27. The number of thiazole rings is 1. The number of nitrogens with one attached hydrogen (secondary N) is 1. The topological polar surface area (TPSA) is 24.9 Å². The highest BCUT2D eigenvalue weighted by atomic mass is 32.1. The molecule has 0 aliphatic carbocycles. The van der Waals surface area contributed by atoms with Crippen LogP contribution in [-0.4, -0.2) is 4.98 Å². The van der Waals surface area contributed by atoms with E-state index in [1.165, 1.54) is 16.7 Å². The highest BCUT2D eigenvalue weighted by Gasteiger charge is 2.08. The third kappa shape index (κ3) is 3.14. The van der Waals surface area contributed by atoms with Crippen LogP contribution in [0.3, 0.4) is 0 Å². The molecule has 1 heterocycles. The number of hydrogen-bond acceptors (Lipinski definition) is 3. The molecule has 0 aliphatic heterocycles. The molecular formula is C14H18N2S. The highest BCUT2D eigenvalue weighted by molar-refractivity contribution is 7.07. The Bertz CT molecular complexity index is 477. The minimum absolute atomic E-state index is 0.359. The summed E-state index contributed by atoms with van der Waals surface area (Å²) in [6.45, 7) is 7.33. The van der Waals surface area contributed by atoms with Crippen LogP contribution >= 0.6 is 11.3 Å². The van der Waals surface area contributed by atoms with Crippen molar-refractivity contribution in [2.24, 2.45) is 0 Å². The van der Waals surface area contributed by atoms with Crippen molar-refractivity contribution in [2.75, 3.05) is 0 Å². The van der Waals surface area contributed by atoms with Gasteiger partial charge in [-0.25, -0.2) is 4.98 Å². The monoisotopic (exact) mass is 246 g/mol. The van der Waals surface area contributed by atoms with Crippen molar-refractivity contribution in [2.45, 2.75) is 33.4 Å². The number of aromatic nitrogens is 1. The fourth-order valence-corrected chi connectivity index (χ4v) is 2.56. The van der Waals surface area contributed by atoms with Gasteiger partial charge < -0.3 is 5.32 Å². The first kappa shape index (κ1) is 12.3. The lowest BCUT2D eigenvalue weighted by Gasteiger charge is -2.16. The lowest BCUT2D eigenvalue weighted by atomic mass is 10.0. The minimum atomic E-state index is 0.359. The van der Waals surface area contributed by atoms with Gasteiger partial charge in [0.2, 0.25) is 0 Å². The van der Waals surface area contributed by atoms with E-state index in [4.69, 9.17) is 0 Å². The van der Waals surface area contributed by atoms with Crippen LogP contribution in [0.2, 0.25) is 0 Å². The molecule has 0 fully saturated rings. The molecule has 90 valence electrons. The van der Waals surface area contributed by atoms with E-state index in [1.807, 2.05) is 5.51 Å². The maximum Gasteiger partial charge on any atom is 0.0795 e. The van der Waals surface area contributed by atoms with Gasteiger partial charge in [0.1, 0.15) is 0 Å². The Morgan fingerprint density at radius 2 is 2.18 bits per heavy atom. The van der Waals surface area contributed by atoms with Crippen molar-refractivity contribution in [1.82, 2.24) is 10.3 Å². The molecule has 1 atom stereocenters.